The zero-order valence-electron chi connectivity index (χ0n) is 16.5. The SMILES string of the molecule is CC(C)c1nc(CNC(=O)CNC(=O)C2c3ccccc3C(=O)N2C2CC2)cs1. The van der Waals surface area contributed by atoms with Crippen molar-refractivity contribution >= 4 is 29.1 Å². The fourth-order valence-corrected chi connectivity index (χ4v) is 4.35. The average molecular weight is 413 g/mol. The van der Waals surface area contributed by atoms with E-state index < -0.39 is 6.04 Å². The number of thiazole rings is 1. The number of rotatable bonds is 7. The Morgan fingerprint density at radius 2 is 2.00 bits per heavy atom. The molecule has 1 aliphatic heterocycles. The van der Waals surface area contributed by atoms with Gasteiger partial charge in [0.05, 0.1) is 23.8 Å². The van der Waals surface area contributed by atoms with Gasteiger partial charge in [0, 0.05) is 22.9 Å². The highest BCUT2D eigenvalue weighted by Crippen LogP contribution is 2.41. The van der Waals surface area contributed by atoms with Gasteiger partial charge in [-0.3, -0.25) is 14.4 Å². The van der Waals surface area contributed by atoms with Gasteiger partial charge in [0.15, 0.2) is 0 Å². The van der Waals surface area contributed by atoms with Crippen LogP contribution in [-0.2, 0) is 16.1 Å². The molecule has 7 nitrogen and oxygen atoms in total. The quantitative estimate of drug-likeness (QED) is 0.730. The number of fused-ring (bicyclic) bond motifs is 1. The summed E-state index contributed by atoms with van der Waals surface area (Å²) in [7, 11) is 0. The molecule has 0 bridgehead atoms. The second kappa shape index (κ2) is 7.94. The molecule has 1 aliphatic carbocycles. The van der Waals surface area contributed by atoms with Gasteiger partial charge >= 0.3 is 0 Å². The van der Waals surface area contributed by atoms with E-state index in [0.29, 0.717) is 23.6 Å². The van der Waals surface area contributed by atoms with Gasteiger partial charge in [-0.15, -0.1) is 11.3 Å². The van der Waals surface area contributed by atoms with Crippen LogP contribution in [0.1, 0.15) is 65.3 Å². The normalized spacial score (nSPS) is 18.1. The Labute approximate surface area is 173 Å². The van der Waals surface area contributed by atoms with Crippen molar-refractivity contribution in [3.63, 3.8) is 0 Å². The fourth-order valence-electron chi connectivity index (χ4n) is 3.52. The molecule has 2 heterocycles. The number of carbonyl (C=O) groups is 3. The molecule has 2 aliphatic rings. The first kappa shape index (κ1) is 19.6. The zero-order chi connectivity index (χ0) is 20.5. The summed E-state index contributed by atoms with van der Waals surface area (Å²) in [6, 6.07) is 6.65. The fraction of sp³-hybridized carbons (Fsp3) is 0.429. The van der Waals surface area contributed by atoms with Crippen molar-refractivity contribution in [1.82, 2.24) is 20.5 Å². The van der Waals surface area contributed by atoms with Crippen molar-refractivity contribution in [3.05, 3.63) is 51.5 Å². The van der Waals surface area contributed by atoms with Crippen molar-refractivity contribution < 1.29 is 14.4 Å². The van der Waals surface area contributed by atoms with Crippen molar-refractivity contribution in [1.29, 1.82) is 0 Å². The van der Waals surface area contributed by atoms with Crippen LogP contribution in [-0.4, -0.2) is 40.2 Å². The largest absolute Gasteiger partial charge is 0.349 e. The maximum atomic E-state index is 12.9. The van der Waals surface area contributed by atoms with E-state index in [1.54, 1.807) is 28.4 Å². The van der Waals surface area contributed by atoms with Gasteiger partial charge in [-0.2, -0.15) is 0 Å². The number of hydrogen-bond acceptors (Lipinski definition) is 5. The Balaban J connectivity index is 1.35. The minimum atomic E-state index is -0.661. The Morgan fingerprint density at radius 1 is 1.24 bits per heavy atom. The van der Waals surface area contributed by atoms with Gasteiger partial charge in [0.1, 0.15) is 6.04 Å². The molecule has 152 valence electrons. The van der Waals surface area contributed by atoms with Crippen LogP contribution in [0.5, 0.6) is 0 Å². The lowest BCUT2D eigenvalue weighted by molar-refractivity contribution is -0.129. The summed E-state index contributed by atoms with van der Waals surface area (Å²) in [5, 5.41) is 8.44. The smallest absolute Gasteiger partial charge is 0.255 e. The Hall–Kier alpha value is -2.74. The summed E-state index contributed by atoms with van der Waals surface area (Å²) in [6.45, 7) is 4.35. The monoisotopic (exact) mass is 412 g/mol. The van der Waals surface area contributed by atoms with Gasteiger partial charge in [-0.05, 0) is 24.5 Å². The molecular formula is C21H24N4O3S. The van der Waals surface area contributed by atoms with E-state index >= 15 is 0 Å². The molecule has 0 spiro atoms. The summed E-state index contributed by atoms with van der Waals surface area (Å²) in [4.78, 5) is 43.9. The van der Waals surface area contributed by atoms with Gasteiger partial charge in [-0.1, -0.05) is 32.0 Å². The lowest BCUT2D eigenvalue weighted by Crippen LogP contribution is -2.43. The van der Waals surface area contributed by atoms with E-state index in [9.17, 15) is 14.4 Å². The molecule has 1 atom stereocenters. The molecule has 2 N–H and O–H groups in total. The van der Waals surface area contributed by atoms with Crippen LogP contribution in [0.25, 0.3) is 0 Å². The molecule has 29 heavy (non-hydrogen) atoms. The Morgan fingerprint density at radius 3 is 2.69 bits per heavy atom. The number of nitrogens with zero attached hydrogens (tertiary/aromatic N) is 2. The van der Waals surface area contributed by atoms with E-state index in [2.05, 4.69) is 29.5 Å². The molecule has 4 rings (SSSR count). The third-order valence-corrected chi connectivity index (χ3v) is 6.33. The first-order valence-corrected chi connectivity index (χ1v) is 10.7. The van der Waals surface area contributed by atoms with E-state index in [1.165, 1.54) is 0 Å². The second-order valence-corrected chi connectivity index (χ2v) is 8.65. The predicted octanol–water partition coefficient (Wildman–Crippen LogP) is 2.36. The van der Waals surface area contributed by atoms with Crippen LogP contribution in [0.15, 0.2) is 29.6 Å². The Bertz CT molecular complexity index is 951. The average Bonchev–Trinajstić information content (AvgIpc) is 3.35. The van der Waals surface area contributed by atoms with Crippen LogP contribution in [0, 0.1) is 0 Å². The molecule has 3 amide bonds. The van der Waals surface area contributed by atoms with E-state index in [0.717, 1.165) is 23.5 Å². The Kier molecular flexibility index (Phi) is 5.36. The van der Waals surface area contributed by atoms with Crippen molar-refractivity contribution in [2.45, 2.75) is 51.2 Å². The standard InChI is InChI=1S/C21H24N4O3S/c1-12(2)20-24-13(11-29-20)9-22-17(26)10-23-19(27)18-15-5-3-4-6-16(15)21(28)25(18)14-7-8-14/h3-6,11-12,14,18H,7-10H2,1-2H3,(H,22,26)(H,23,27). The number of aromatic nitrogens is 1. The van der Waals surface area contributed by atoms with Crippen LogP contribution in [0.2, 0.25) is 0 Å². The topological polar surface area (TPSA) is 91.4 Å². The summed E-state index contributed by atoms with van der Waals surface area (Å²) < 4.78 is 0. The molecule has 1 unspecified atom stereocenters. The third-order valence-electron chi connectivity index (χ3n) is 5.14. The zero-order valence-corrected chi connectivity index (χ0v) is 17.3. The molecule has 2 aromatic rings. The van der Waals surface area contributed by atoms with E-state index in [-0.39, 0.29) is 30.3 Å². The van der Waals surface area contributed by atoms with Crippen molar-refractivity contribution in [3.8, 4) is 0 Å². The number of benzene rings is 1. The van der Waals surface area contributed by atoms with E-state index in [4.69, 9.17) is 0 Å². The first-order valence-electron chi connectivity index (χ1n) is 9.86. The molecule has 0 radical (unpaired) electrons. The van der Waals surface area contributed by atoms with Crippen LogP contribution in [0.4, 0.5) is 0 Å². The maximum Gasteiger partial charge on any atom is 0.255 e. The summed E-state index contributed by atoms with van der Waals surface area (Å²) >= 11 is 1.58. The second-order valence-electron chi connectivity index (χ2n) is 7.76. The van der Waals surface area contributed by atoms with Crippen LogP contribution >= 0.6 is 11.3 Å². The number of hydrogen-bond donors (Lipinski definition) is 2. The third kappa shape index (κ3) is 4.03. The predicted molar refractivity (Wildman–Crippen MR) is 109 cm³/mol. The van der Waals surface area contributed by atoms with Crippen LogP contribution < -0.4 is 10.6 Å². The maximum absolute atomic E-state index is 12.9. The van der Waals surface area contributed by atoms with Crippen molar-refractivity contribution in [2.75, 3.05) is 6.54 Å². The molecule has 1 saturated carbocycles. The summed E-state index contributed by atoms with van der Waals surface area (Å²) in [6.07, 6.45) is 1.83. The molecule has 1 fully saturated rings. The van der Waals surface area contributed by atoms with Crippen molar-refractivity contribution in [2.24, 2.45) is 0 Å². The number of amides is 3. The summed E-state index contributed by atoms with van der Waals surface area (Å²) in [5.41, 5.74) is 2.10. The first-order chi connectivity index (χ1) is 14.0. The number of carbonyl (C=O) groups excluding carboxylic acids is 3. The molecule has 8 heteroatoms. The lowest BCUT2D eigenvalue weighted by atomic mass is 10.0. The highest BCUT2D eigenvalue weighted by atomic mass is 32.1. The lowest BCUT2D eigenvalue weighted by Gasteiger charge is -2.24. The minimum Gasteiger partial charge on any atom is -0.349 e. The van der Waals surface area contributed by atoms with Gasteiger partial charge in [0.2, 0.25) is 11.8 Å². The highest BCUT2D eigenvalue weighted by Gasteiger charge is 2.47. The van der Waals surface area contributed by atoms with Gasteiger partial charge < -0.3 is 15.5 Å². The molecular weight excluding hydrogens is 388 g/mol. The summed E-state index contributed by atoms with van der Waals surface area (Å²) in [5.74, 6) is -0.346. The highest BCUT2D eigenvalue weighted by molar-refractivity contribution is 7.09. The molecule has 1 aromatic heterocycles. The van der Waals surface area contributed by atoms with E-state index in [1.807, 2.05) is 17.5 Å². The van der Waals surface area contributed by atoms with Gasteiger partial charge in [-0.25, -0.2) is 4.98 Å². The molecule has 0 saturated heterocycles. The minimum absolute atomic E-state index is 0.0998. The number of nitrogens with one attached hydrogen (secondary N) is 2. The molecule has 1 aromatic carbocycles. The van der Waals surface area contributed by atoms with Gasteiger partial charge in [0.25, 0.3) is 5.91 Å². The van der Waals surface area contributed by atoms with Crippen LogP contribution in [0.3, 0.4) is 0 Å².